The Bertz CT molecular complexity index is 465. The number of esters is 3. The first kappa shape index (κ1) is 21.3. The highest BCUT2D eigenvalue weighted by atomic mass is 16.7. The third kappa shape index (κ3) is 6.60. The molecule has 0 aliphatic carbocycles. The molecule has 5 atom stereocenters. The second-order valence-electron chi connectivity index (χ2n) is 5.67. The van der Waals surface area contributed by atoms with Crippen LogP contribution >= 0.6 is 0 Å². The minimum absolute atomic E-state index is 0.322. The van der Waals surface area contributed by atoms with Crippen molar-refractivity contribution < 1.29 is 43.2 Å². The zero-order valence-corrected chi connectivity index (χ0v) is 14.9. The smallest absolute Gasteiger partial charge is 0.303 e. The molecule has 0 bridgehead atoms. The lowest BCUT2D eigenvalue weighted by atomic mass is 9.98. The van der Waals surface area contributed by atoms with Crippen LogP contribution < -0.4 is 0 Å². The van der Waals surface area contributed by atoms with E-state index in [1.807, 2.05) is 6.92 Å². The zero-order valence-electron chi connectivity index (χ0n) is 14.9. The number of hydrogen-bond acceptors (Lipinski definition) is 9. The second-order valence-corrected chi connectivity index (χ2v) is 5.67. The molecule has 1 N–H and O–H groups in total. The minimum atomic E-state index is -1.16. The maximum absolute atomic E-state index is 11.5. The topological polar surface area (TPSA) is 118 Å². The molecule has 0 aromatic heterocycles. The highest BCUT2D eigenvalue weighted by molar-refractivity contribution is 5.68. The van der Waals surface area contributed by atoms with Gasteiger partial charge in [-0.15, -0.1) is 0 Å². The van der Waals surface area contributed by atoms with Crippen molar-refractivity contribution in [3.05, 3.63) is 0 Å². The van der Waals surface area contributed by atoms with Crippen molar-refractivity contribution in [1.82, 2.24) is 0 Å². The molecule has 1 heterocycles. The van der Waals surface area contributed by atoms with Crippen molar-refractivity contribution in [2.24, 2.45) is 0 Å². The molecule has 9 nitrogen and oxygen atoms in total. The Morgan fingerprint density at radius 1 is 0.920 bits per heavy atom. The van der Waals surface area contributed by atoms with Gasteiger partial charge < -0.3 is 28.8 Å². The number of rotatable bonds is 8. The van der Waals surface area contributed by atoms with E-state index in [0.717, 1.165) is 12.8 Å². The molecule has 0 saturated carbocycles. The summed E-state index contributed by atoms with van der Waals surface area (Å²) in [5, 5.41) is 9.56. The summed E-state index contributed by atoms with van der Waals surface area (Å²) < 4.78 is 26.8. The summed E-state index contributed by atoms with van der Waals surface area (Å²) in [4.78, 5) is 34.3. The van der Waals surface area contributed by atoms with Gasteiger partial charge in [-0.1, -0.05) is 13.3 Å². The summed E-state index contributed by atoms with van der Waals surface area (Å²) in [7, 11) is 0. The number of carbonyl (C=O) groups excluding carboxylic acids is 3. The lowest BCUT2D eigenvalue weighted by molar-refractivity contribution is -0.307. The van der Waals surface area contributed by atoms with Crippen molar-refractivity contribution in [3.8, 4) is 0 Å². The van der Waals surface area contributed by atoms with Crippen molar-refractivity contribution in [2.45, 2.75) is 71.2 Å². The molecule has 1 saturated heterocycles. The van der Waals surface area contributed by atoms with Crippen LogP contribution in [0.15, 0.2) is 0 Å². The molecule has 0 spiro atoms. The molecule has 1 aliphatic heterocycles. The van der Waals surface area contributed by atoms with Gasteiger partial charge >= 0.3 is 17.9 Å². The maximum Gasteiger partial charge on any atom is 0.303 e. The lowest BCUT2D eigenvalue weighted by Gasteiger charge is -2.43. The van der Waals surface area contributed by atoms with Gasteiger partial charge in [0.1, 0.15) is 6.10 Å². The number of unbranched alkanes of at least 4 members (excludes halogenated alkanes) is 1. The average molecular weight is 362 g/mol. The van der Waals surface area contributed by atoms with E-state index in [4.69, 9.17) is 23.7 Å². The number of carbonyl (C=O) groups is 3. The van der Waals surface area contributed by atoms with Gasteiger partial charge in [0.25, 0.3) is 0 Å². The molecule has 0 radical (unpaired) electrons. The van der Waals surface area contributed by atoms with Crippen LogP contribution in [-0.2, 0) is 38.1 Å². The second kappa shape index (κ2) is 10.3. The summed E-state index contributed by atoms with van der Waals surface area (Å²) in [5.41, 5.74) is 0. The summed E-state index contributed by atoms with van der Waals surface area (Å²) >= 11 is 0. The standard InChI is InChI=1S/C16H26O9/c1-5-6-7-21-16-15(24-11(4)20)14(23-10(3)19)13(22-9(2)18)12(8-17)25-16/h12-17H,5-8H2,1-4H3/t12-,13-,14+,15-,16-/m1/s1. The summed E-state index contributed by atoms with van der Waals surface area (Å²) in [6, 6.07) is 0. The molecule has 9 heteroatoms. The predicted octanol–water partition coefficient (Wildman–Crippen LogP) is 0.315. The first-order valence-electron chi connectivity index (χ1n) is 8.19. The molecule has 1 fully saturated rings. The van der Waals surface area contributed by atoms with E-state index in [-0.39, 0.29) is 0 Å². The molecule has 144 valence electrons. The normalized spacial score (nSPS) is 28.9. The number of aliphatic hydroxyl groups excluding tert-OH is 1. The molecular formula is C16H26O9. The fourth-order valence-corrected chi connectivity index (χ4v) is 2.48. The number of hydrogen-bond donors (Lipinski definition) is 1. The Morgan fingerprint density at radius 3 is 1.92 bits per heavy atom. The van der Waals surface area contributed by atoms with Crippen LogP contribution in [0.2, 0.25) is 0 Å². The average Bonchev–Trinajstić information content (AvgIpc) is 2.51. The number of aliphatic hydroxyl groups is 1. The van der Waals surface area contributed by atoms with Crippen molar-refractivity contribution >= 4 is 17.9 Å². The monoisotopic (exact) mass is 362 g/mol. The molecule has 0 aromatic carbocycles. The van der Waals surface area contributed by atoms with Gasteiger partial charge in [0.15, 0.2) is 24.6 Å². The Hall–Kier alpha value is -1.71. The lowest BCUT2D eigenvalue weighted by Crippen LogP contribution is -2.62. The van der Waals surface area contributed by atoms with Gasteiger partial charge in [-0.3, -0.25) is 14.4 Å². The van der Waals surface area contributed by atoms with Crippen molar-refractivity contribution in [2.75, 3.05) is 13.2 Å². The molecule has 1 rings (SSSR count). The molecular weight excluding hydrogens is 336 g/mol. The van der Waals surface area contributed by atoms with Gasteiger partial charge in [-0.2, -0.15) is 0 Å². The largest absolute Gasteiger partial charge is 0.456 e. The SMILES string of the molecule is CCCCO[C@@H]1O[C@H](CO)[C@@H](OC(C)=O)[C@H](OC(C)=O)[C@H]1OC(C)=O. The maximum atomic E-state index is 11.5. The van der Waals surface area contributed by atoms with Crippen LogP contribution in [0.1, 0.15) is 40.5 Å². The van der Waals surface area contributed by atoms with Crippen LogP contribution in [0.4, 0.5) is 0 Å². The first-order chi connectivity index (χ1) is 11.8. The summed E-state index contributed by atoms with van der Waals surface area (Å²) in [6.45, 7) is 5.32. The summed E-state index contributed by atoms with van der Waals surface area (Å²) in [5.74, 6) is -1.96. The summed E-state index contributed by atoms with van der Waals surface area (Å²) in [6.07, 6.45) is -3.88. The van der Waals surface area contributed by atoms with E-state index in [9.17, 15) is 19.5 Å². The van der Waals surface area contributed by atoms with Gasteiger partial charge in [0, 0.05) is 27.4 Å². The molecule has 1 aliphatic rings. The van der Waals surface area contributed by atoms with Gasteiger partial charge in [-0.05, 0) is 6.42 Å². The van der Waals surface area contributed by atoms with E-state index in [2.05, 4.69) is 0 Å². The molecule has 0 amide bonds. The Labute approximate surface area is 146 Å². The van der Waals surface area contributed by atoms with Crippen molar-refractivity contribution in [3.63, 3.8) is 0 Å². The van der Waals surface area contributed by atoms with E-state index in [1.165, 1.54) is 20.8 Å². The molecule has 0 unspecified atom stereocenters. The Morgan fingerprint density at radius 2 is 1.44 bits per heavy atom. The van der Waals surface area contributed by atoms with E-state index < -0.39 is 55.2 Å². The molecule has 25 heavy (non-hydrogen) atoms. The van der Waals surface area contributed by atoms with Crippen LogP contribution in [0.25, 0.3) is 0 Å². The quantitative estimate of drug-likeness (QED) is 0.370. The minimum Gasteiger partial charge on any atom is -0.456 e. The van der Waals surface area contributed by atoms with Crippen LogP contribution in [0.3, 0.4) is 0 Å². The third-order valence-electron chi connectivity index (χ3n) is 3.46. The number of ether oxygens (including phenoxy) is 5. The Kier molecular flexibility index (Phi) is 8.81. The highest BCUT2D eigenvalue weighted by Gasteiger charge is 2.52. The zero-order chi connectivity index (χ0) is 19.0. The van der Waals surface area contributed by atoms with Gasteiger partial charge in [-0.25, -0.2) is 0 Å². The fourth-order valence-electron chi connectivity index (χ4n) is 2.48. The van der Waals surface area contributed by atoms with Gasteiger partial charge in [0.2, 0.25) is 0 Å². The third-order valence-corrected chi connectivity index (χ3v) is 3.46. The Balaban J connectivity index is 3.12. The van der Waals surface area contributed by atoms with Crippen LogP contribution in [-0.4, -0.2) is 66.9 Å². The van der Waals surface area contributed by atoms with E-state index >= 15 is 0 Å². The first-order valence-corrected chi connectivity index (χ1v) is 8.19. The van der Waals surface area contributed by atoms with E-state index in [1.54, 1.807) is 0 Å². The van der Waals surface area contributed by atoms with Crippen LogP contribution in [0, 0.1) is 0 Å². The van der Waals surface area contributed by atoms with Gasteiger partial charge in [0.05, 0.1) is 6.61 Å². The van der Waals surface area contributed by atoms with E-state index in [0.29, 0.717) is 6.61 Å². The predicted molar refractivity (Wildman–Crippen MR) is 83.3 cm³/mol. The fraction of sp³-hybridized carbons (Fsp3) is 0.812. The van der Waals surface area contributed by atoms with Crippen molar-refractivity contribution in [1.29, 1.82) is 0 Å². The molecule has 0 aromatic rings. The van der Waals surface area contributed by atoms with Crippen LogP contribution in [0.5, 0.6) is 0 Å². The highest BCUT2D eigenvalue weighted by Crippen LogP contribution is 2.29.